The summed E-state index contributed by atoms with van der Waals surface area (Å²) in [5.41, 5.74) is 2.14. The molecule has 3 aromatic heterocycles. The molecule has 4 aromatic rings. The molecule has 1 aliphatic heterocycles. The van der Waals surface area contributed by atoms with E-state index < -0.39 is 0 Å². The number of amides is 1. The van der Waals surface area contributed by atoms with Crippen LogP contribution >= 0.6 is 23.1 Å². The topological polar surface area (TPSA) is 90.6 Å². The first-order chi connectivity index (χ1) is 14.3. The fourth-order valence-electron chi connectivity index (χ4n) is 2.86. The Morgan fingerprint density at radius 3 is 2.90 bits per heavy atom. The molecule has 10 heteroatoms. The molecule has 8 nitrogen and oxygen atoms in total. The van der Waals surface area contributed by atoms with Crippen LogP contribution in [0.4, 0.5) is 5.69 Å². The van der Waals surface area contributed by atoms with Gasteiger partial charge in [-0.05, 0) is 35.7 Å². The van der Waals surface area contributed by atoms with Crippen molar-refractivity contribution in [1.29, 1.82) is 0 Å². The summed E-state index contributed by atoms with van der Waals surface area (Å²) in [6, 6.07) is 13.1. The highest BCUT2D eigenvalue weighted by Crippen LogP contribution is 2.32. The van der Waals surface area contributed by atoms with E-state index in [2.05, 4.69) is 20.6 Å². The summed E-state index contributed by atoms with van der Waals surface area (Å²) < 4.78 is 12.7. The van der Waals surface area contributed by atoms with Gasteiger partial charge in [0.05, 0.1) is 10.6 Å². The average molecular weight is 425 g/mol. The lowest BCUT2D eigenvalue weighted by Gasteiger charge is -2.18. The summed E-state index contributed by atoms with van der Waals surface area (Å²) in [6.45, 7) is 1.03. The lowest BCUT2D eigenvalue weighted by molar-refractivity contribution is -0.113. The molecule has 0 fully saturated rings. The molecular formula is C19H15N5O3S2. The number of benzene rings is 1. The van der Waals surface area contributed by atoms with E-state index >= 15 is 0 Å². The Hall–Kier alpha value is -3.11. The van der Waals surface area contributed by atoms with Crippen LogP contribution in [0.15, 0.2) is 53.0 Å². The molecule has 0 saturated heterocycles. The number of carbonyl (C=O) groups excluding carboxylic acids is 1. The minimum Gasteiger partial charge on any atom is -0.486 e. The van der Waals surface area contributed by atoms with Gasteiger partial charge in [0.15, 0.2) is 17.1 Å². The summed E-state index contributed by atoms with van der Waals surface area (Å²) in [4.78, 5) is 13.4. The minimum atomic E-state index is -0.155. The number of thioether (sulfide) groups is 1. The van der Waals surface area contributed by atoms with E-state index in [0.29, 0.717) is 41.2 Å². The van der Waals surface area contributed by atoms with Crippen LogP contribution in [0.1, 0.15) is 0 Å². The van der Waals surface area contributed by atoms with E-state index in [-0.39, 0.29) is 11.7 Å². The molecule has 1 aliphatic rings. The molecule has 1 amide bonds. The van der Waals surface area contributed by atoms with Gasteiger partial charge in [0, 0.05) is 11.8 Å². The Kier molecular flexibility index (Phi) is 4.78. The number of nitrogens with zero attached hydrogens (tertiary/aromatic N) is 4. The first-order valence-corrected chi connectivity index (χ1v) is 10.7. The van der Waals surface area contributed by atoms with Crippen molar-refractivity contribution in [2.24, 2.45) is 0 Å². The highest BCUT2D eigenvalue weighted by Gasteiger charge is 2.15. The molecule has 4 heterocycles. The van der Waals surface area contributed by atoms with Crippen molar-refractivity contribution >= 4 is 40.3 Å². The Balaban J connectivity index is 1.28. The number of nitrogens with one attached hydrogen (secondary N) is 1. The van der Waals surface area contributed by atoms with Crippen molar-refractivity contribution in [2.75, 3.05) is 24.3 Å². The van der Waals surface area contributed by atoms with Gasteiger partial charge in [0.25, 0.3) is 0 Å². The molecule has 146 valence electrons. The van der Waals surface area contributed by atoms with Crippen molar-refractivity contribution in [3.05, 3.63) is 47.8 Å². The van der Waals surface area contributed by atoms with Crippen molar-refractivity contribution < 1.29 is 14.3 Å². The maximum atomic E-state index is 12.4. The third-order valence-corrected chi connectivity index (χ3v) is 5.98. The van der Waals surface area contributed by atoms with Gasteiger partial charge >= 0.3 is 0 Å². The summed E-state index contributed by atoms with van der Waals surface area (Å²) in [5.74, 6) is 1.35. The molecule has 5 rings (SSSR count). The third kappa shape index (κ3) is 3.76. The molecule has 0 bridgehead atoms. The van der Waals surface area contributed by atoms with Crippen LogP contribution in [-0.2, 0) is 4.79 Å². The smallest absolute Gasteiger partial charge is 0.234 e. The van der Waals surface area contributed by atoms with E-state index in [0.717, 1.165) is 10.6 Å². The highest BCUT2D eigenvalue weighted by atomic mass is 32.2. The highest BCUT2D eigenvalue weighted by molar-refractivity contribution is 7.99. The Labute approximate surface area is 173 Å². The third-order valence-electron chi connectivity index (χ3n) is 4.17. The van der Waals surface area contributed by atoms with Gasteiger partial charge < -0.3 is 14.8 Å². The van der Waals surface area contributed by atoms with Crippen LogP contribution in [-0.4, -0.2) is 44.7 Å². The van der Waals surface area contributed by atoms with E-state index in [9.17, 15) is 4.79 Å². The number of fused-ring (bicyclic) bond motifs is 2. The Morgan fingerprint density at radius 2 is 2.03 bits per heavy atom. The lowest BCUT2D eigenvalue weighted by atomic mass is 10.2. The van der Waals surface area contributed by atoms with Gasteiger partial charge in [0.2, 0.25) is 11.1 Å². The maximum Gasteiger partial charge on any atom is 0.234 e. The van der Waals surface area contributed by atoms with Crippen molar-refractivity contribution in [2.45, 2.75) is 5.16 Å². The van der Waals surface area contributed by atoms with E-state index in [1.807, 2.05) is 29.6 Å². The zero-order chi connectivity index (χ0) is 19.6. The Bertz CT molecular complexity index is 1180. The second-order valence-electron chi connectivity index (χ2n) is 6.14. The summed E-state index contributed by atoms with van der Waals surface area (Å²) in [7, 11) is 0. The van der Waals surface area contributed by atoms with Gasteiger partial charge in [-0.25, -0.2) is 0 Å². The fraction of sp³-hybridized carbons (Fsp3) is 0.158. The minimum absolute atomic E-state index is 0.155. The zero-order valence-electron chi connectivity index (χ0n) is 15.1. The number of aromatic nitrogens is 4. The SMILES string of the molecule is O=C(CSc1nnc2ccc(-c3cccs3)nn12)Nc1ccc2c(c1)OCCO2. The molecule has 0 aliphatic carbocycles. The van der Waals surface area contributed by atoms with Gasteiger partial charge in [-0.3, -0.25) is 4.79 Å². The molecule has 0 spiro atoms. The number of thiophene rings is 1. The number of hydrogen-bond donors (Lipinski definition) is 1. The van der Waals surface area contributed by atoms with Crippen molar-refractivity contribution in [1.82, 2.24) is 19.8 Å². The quantitative estimate of drug-likeness (QED) is 0.490. The monoisotopic (exact) mass is 425 g/mol. The molecule has 0 radical (unpaired) electrons. The molecule has 29 heavy (non-hydrogen) atoms. The molecule has 1 N–H and O–H groups in total. The first-order valence-electron chi connectivity index (χ1n) is 8.85. The van der Waals surface area contributed by atoms with Crippen molar-refractivity contribution in [3.63, 3.8) is 0 Å². The predicted octanol–water partition coefficient (Wildman–Crippen LogP) is 3.35. The second kappa shape index (κ2) is 7.72. The Morgan fingerprint density at radius 1 is 1.14 bits per heavy atom. The standard InChI is InChI=1S/C19H15N5O3S2/c25-18(20-12-3-5-14-15(10-12)27-8-7-26-14)11-29-19-22-21-17-6-4-13(23-24(17)19)16-2-1-9-28-16/h1-6,9-10H,7-8,11H2,(H,20,25). The van der Waals surface area contributed by atoms with Crippen LogP contribution in [0.5, 0.6) is 11.5 Å². The number of hydrogen-bond acceptors (Lipinski definition) is 8. The fourth-order valence-corrected chi connectivity index (χ4v) is 4.24. The largest absolute Gasteiger partial charge is 0.486 e. The summed E-state index contributed by atoms with van der Waals surface area (Å²) in [6.07, 6.45) is 0. The van der Waals surface area contributed by atoms with E-state index in [1.165, 1.54) is 11.8 Å². The summed E-state index contributed by atoms with van der Waals surface area (Å²) in [5, 5.41) is 18.3. The van der Waals surface area contributed by atoms with Crippen LogP contribution in [0, 0.1) is 0 Å². The van der Waals surface area contributed by atoms with Gasteiger partial charge in [-0.1, -0.05) is 17.8 Å². The number of rotatable bonds is 5. The molecule has 0 atom stereocenters. The number of carbonyl (C=O) groups is 1. The molecule has 0 saturated carbocycles. The van der Waals surface area contributed by atoms with Crippen LogP contribution in [0.2, 0.25) is 0 Å². The lowest BCUT2D eigenvalue weighted by Crippen LogP contribution is -2.17. The number of ether oxygens (including phenoxy) is 2. The average Bonchev–Trinajstić information content (AvgIpc) is 3.42. The molecule has 1 aromatic carbocycles. The van der Waals surface area contributed by atoms with Crippen LogP contribution in [0.25, 0.3) is 16.2 Å². The van der Waals surface area contributed by atoms with Gasteiger partial charge in [-0.15, -0.1) is 21.5 Å². The normalized spacial score (nSPS) is 12.8. The zero-order valence-corrected chi connectivity index (χ0v) is 16.7. The van der Waals surface area contributed by atoms with Crippen molar-refractivity contribution in [3.8, 4) is 22.1 Å². The van der Waals surface area contributed by atoms with Gasteiger partial charge in [-0.2, -0.15) is 9.61 Å². The maximum absolute atomic E-state index is 12.4. The van der Waals surface area contributed by atoms with Gasteiger partial charge in [0.1, 0.15) is 18.9 Å². The summed E-state index contributed by atoms with van der Waals surface area (Å²) >= 11 is 2.90. The number of anilines is 1. The first kappa shape index (κ1) is 18.0. The predicted molar refractivity (Wildman–Crippen MR) is 111 cm³/mol. The van der Waals surface area contributed by atoms with Crippen LogP contribution < -0.4 is 14.8 Å². The second-order valence-corrected chi connectivity index (χ2v) is 8.03. The van der Waals surface area contributed by atoms with E-state index in [4.69, 9.17) is 9.47 Å². The van der Waals surface area contributed by atoms with E-state index in [1.54, 1.807) is 34.1 Å². The molecule has 0 unspecified atom stereocenters. The van der Waals surface area contributed by atoms with Crippen LogP contribution in [0.3, 0.4) is 0 Å². The molecular weight excluding hydrogens is 410 g/mol.